The normalized spacial score (nSPS) is 32.4. The highest BCUT2D eigenvalue weighted by Gasteiger charge is 2.30. The Balaban J connectivity index is 2.22. The van der Waals surface area contributed by atoms with Crippen molar-refractivity contribution >= 4 is 0 Å². The lowest BCUT2D eigenvalue weighted by Gasteiger charge is -2.15. The third-order valence-electron chi connectivity index (χ3n) is 3.19. The first-order valence-corrected chi connectivity index (χ1v) is 5.50. The zero-order valence-corrected chi connectivity index (χ0v) is 9.20. The summed E-state index contributed by atoms with van der Waals surface area (Å²) < 4.78 is 2.11. The summed E-state index contributed by atoms with van der Waals surface area (Å²) in [5.41, 5.74) is 1.39. The van der Waals surface area contributed by atoms with Gasteiger partial charge in [-0.2, -0.15) is 5.10 Å². The van der Waals surface area contributed by atoms with Crippen LogP contribution in [0.3, 0.4) is 0 Å². The van der Waals surface area contributed by atoms with E-state index in [0.717, 1.165) is 6.54 Å². The minimum Gasteiger partial charge on any atom is -0.311 e. The average Bonchev–Trinajstić information content (AvgIpc) is 2.71. The van der Waals surface area contributed by atoms with Crippen molar-refractivity contribution in [1.82, 2.24) is 15.1 Å². The van der Waals surface area contributed by atoms with E-state index in [2.05, 4.69) is 41.9 Å². The zero-order valence-electron chi connectivity index (χ0n) is 9.20. The van der Waals surface area contributed by atoms with Gasteiger partial charge in [-0.05, 0) is 33.3 Å². The Morgan fingerprint density at radius 1 is 1.57 bits per heavy atom. The van der Waals surface area contributed by atoms with Gasteiger partial charge in [-0.25, -0.2) is 0 Å². The summed E-state index contributed by atoms with van der Waals surface area (Å²) in [5, 5.41) is 7.89. The Morgan fingerprint density at radius 3 is 2.93 bits per heavy atom. The summed E-state index contributed by atoms with van der Waals surface area (Å²) in [7, 11) is 0. The van der Waals surface area contributed by atoms with Crippen LogP contribution in [0.2, 0.25) is 0 Å². The molecule has 0 bridgehead atoms. The Labute approximate surface area is 85.5 Å². The molecule has 3 heteroatoms. The SMILES string of the molecule is CCn1nccc1C1CC(C)NC1C. The first-order chi connectivity index (χ1) is 6.72. The molecule has 0 aromatic carbocycles. The maximum atomic E-state index is 4.33. The molecule has 0 radical (unpaired) electrons. The van der Waals surface area contributed by atoms with Crippen LogP contribution in [-0.4, -0.2) is 21.9 Å². The van der Waals surface area contributed by atoms with Gasteiger partial charge in [0.05, 0.1) is 0 Å². The standard InChI is InChI=1S/C11H19N3/c1-4-14-11(5-6-12-14)10-7-8(2)13-9(10)3/h5-6,8-10,13H,4,7H2,1-3H3. The van der Waals surface area contributed by atoms with E-state index in [4.69, 9.17) is 0 Å². The van der Waals surface area contributed by atoms with E-state index < -0.39 is 0 Å². The summed E-state index contributed by atoms with van der Waals surface area (Å²) >= 11 is 0. The van der Waals surface area contributed by atoms with Gasteiger partial charge in [0.1, 0.15) is 0 Å². The van der Waals surface area contributed by atoms with Crippen LogP contribution >= 0.6 is 0 Å². The second-order valence-electron chi connectivity index (χ2n) is 4.27. The van der Waals surface area contributed by atoms with E-state index in [1.54, 1.807) is 0 Å². The molecule has 2 heterocycles. The quantitative estimate of drug-likeness (QED) is 0.775. The predicted molar refractivity (Wildman–Crippen MR) is 57.3 cm³/mol. The lowest BCUT2D eigenvalue weighted by Crippen LogP contribution is -2.26. The fourth-order valence-corrected chi connectivity index (χ4v) is 2.52. The molecule has 0 aliphatic carbocycles. The summed E-state index contributed by atoms with van der Waals surface area (Å²) in [5.74, 6) is 0.632. The number of hydrogen-bond donors (Lipinski definition) is 1. The second-order valence-corrected chi connectivity index (χ2v) is 4.27. The van der Waals surface area contributed by atoms with E-state index >= 15 is 0 Å². The van der Waals surface area contributed by atoms with Gasteiger partial charge >= 0.3 is 0 Å². The summed E-state index contributed by atoms with van der Waals surface area (Å²) in [6.45, 7) is 7.64. The molecule has 1 fully saturated rings. The number of rotatable bonds is 2. The highest BCUT2D eigenvalue weighted by atomic mass is 15.3. The molecule has 14 heavy (non-hydrogen) atoms. The first-order valence-electron chi connectivity index (χ1n) is 5.50. The van der Waals surface area contributed by atoms with E-state index in [1.165, 1.54) is 12.1 Å². The molecule has 0 amide bonds. The van der Waals surface area contributed by atoms with Crippen molar-refractivity contribution in [2.24, 2.45) is 0 Å². The van der Waals surface area contributed by atoms with E-state index in [-0.39, 0.29) is 0 Å². The van der Waals surface area contributed by atoms with Crippen LogP contribution in [0.4, 0.5) is 0 Å². The molecular weight excluding hydrogens is 174 g/mol. The first kappa shape index (κ1) is 9.71. The van der Waals surface area contributed by atoms with Gasteiger partial charge in [0.25, 0.3) is 0 Å². The maximum Gasteiger partial charge on any atom is 0.0492 e. The van der Waals surface area contributed by atoms with Gasteiger partial charge < -0.3 is 5.32 Å². The Bertz CT molecular complexity index is 305. The summed E-state index contributed by atoms with van der Waals surface area (Å²) in [6, 6.07) is 3.37. The highest BCUT2D eigenvalue weighted by Crippen LogP contribution is 2.30. The molecule has 3 unspecified atom stereocenters. The Hall–Kier alpha value is -0.830. The minimum absolute atomic E-state index is 0.576. The maximum absolute atomic E-state index is 4.33. The van der Waals surface area contributed by atoms with E-state index in [1.807, 2.05) is 6.20 Å². The van der Waals surface area contributed by atoms with Gasteiger partial charge in [0.2, 0.25) is 0 Å². The van der Waals surface area contributed by atoms with Crippen molar-refractivity contribution in [2.75, 3.05) is 0 Å². The van der Waals surface area contributed by atoms with E-state index in [9.17, 15) is 0 Å². The average molecular weight is 193 g/mol. The van der Waals surface area contributed by atoms with Crippen LogP contribution in [0.15, 0.2) is 12.3 Å². The third kappa shape index (κ3) is 1.57. The highest BCUT2D eigenvalue weighted by molar-refractivity contribution is 5.14. The number of aromatic nitrogens is 2. The van der Waals surface area contributed by atoms with E-state index in [0.29, 0.717) is 18.0 Å². The van der Waals surface area contributed by atoms with Crippen molar-refractivity contribution in [2.45, 2.75) is 51.7 Å². The zero-order chi connectivity index (χ0) is 10.1. The number of aryl methyl sites for hydroxylation is 1. The molecule has 1 N–H and O–H groups in total. The van der Waals surface area contributed by atoms with Crippen LogP contribution in [0.25, 0.3) is 0 Å². The molecule has 1 aromatic heterocycles. The van der Waals surface area contributed by atoms with Crippen LogP contribution in [0.5, 0.6) is 0 Å². The monoisotopic (exact) mass is 193 g/mol. The van der Waals surface area contributed by atoms with Crippen LogP contribution in [0, 0.1) is 0 Å². The lowest BCUT2D eigenvalue weighted by atomic mass is 9.96. The largest absolute Gasteiger partial charge is 0.311 e. The Kier molecular flexibility index (Phi) is 2.59. The van der Waals surface area contributed by atoms with Crippen molar-refractivity contribution in [1.29, 1.82) is 0 Å². The lowest BCUT2D eigenvalue weighted by molar-refractivity contribution is 0.525. The molecule has 3 nitrogen and oxygen atoms in total. The van der Waals surface area contributed by atoms with Crippen LogP contribution in [0.1, 0.15) is 38.8 Å². The molecular formula is C11H19N3. The molecule has 1 saturated heterocycles. The molecule has 78 valence electrons. The number of nitrogens with zero attached hydrogens (tertiary/aromatic N) is 2. The minimum atomic E-state index is 0.576. The second kappa shape index (κ2) is 3.73. The predicted octanol–water partition coefficient (Wildman–Crippen LogP) is 1.76. The van der Waals surface area contributed by atoms with Crippen LogP contribution in [-0.2, 0) is 6.54 Å². The van der Waals surface area contributed by atoms with Gasteiger partial charge in [-0.3, -0.25) is 4.68 Å². The van der Waals surface area contributed by atoms with Crippen molar-refractivity contribution in [3.8, 4) is 0 Å². The van der Waals surface area contributed by atoms with Crippen molar-refractivity contribution in [3.63, 3.8) is 0 Å². The molecule has 1 aromatic rings. The molecule has 1 aliphatic heterocycles. The number of nitrogens with one attached hydrogen (secondary N) is 1. The topological polar surface area (TPSA) is 29.9 Å². The number of hydrogen-bond acceptors (Lipinski definition) is 2. The fourth-order valence-electron chi connectivity index (χ4n) is 2.52. The third-order valence-corrected chi connectivity index (χ3v) is 3.19. The Morgan fingerprint density at radius 2 is 2.36 bits per heavy atom. The van der Waals surface area contributed by atoms with Crippen molar-refractivity contribution < 1.29 is 0 Å². The van der Waals surface area contributed by atoms with Gasteiger partial charge in [0, 0.05) is 36.4 Å². The van der Waals surface area contributed by atoms with Gasteiger partial charge in [0.15, 0.2) is 0 Å². The molecule has 3 atom stereocenters. The molecule has 0 spiro atoms. The molecule has 2 rings (SSSR count). The fraction of sp³-hybridized carbons (Fsp3) is 0.727. The van der Waals surface area contributed by atoms with Crippen molar-refractivity contribution in [3.05, 3.63) is 18.0 Å². The molecule has 0 saturated carbocycles. The summed E-state index contributed by atoms with van der Waals surface area (Å²) in [6.07, 6.45) is 3.14. The van der Waals surface area contributed by atoms with Gasteiger partial charge in [-0.15, -0.1) is 0 Å². The molecule has 1 aliphatic rings. The van der Waals surface area contributed by atoms with Gasteiger partial charge in [-0.1, -0.05) is 0 Å². The smallest absolute Gasteiger partial charge is 0.0492 e. The summed E-state index contributed by atoms with van der Waals surface area (Å²) in [4.78, 5) is 0. The van der Waals surface area contributed by atoms with Crippen LogP contribution < -0.4 is 5.32 Å².